The van der Waals surface area contributed by atoms with Crippen LogP contribution in [0, 0.1) is 28.0 Å². The number of hydrazine groups is 1. The Morgan fingerprint density at radius 2 is 1.91 bits per heavy atom. The third-order valence-corrected chi connectivity index (χ3v) is 5.97. The van der Waals surface area contributed by atoms with E-state index in [-0.39, 0.29) is 24.8 Å². The van der Waals surface area contributed by atoms with Crippen molar-refractivity contribution in [3.05, 3.63) is 59.1 Å². The number of carbonyl (C=O) groups is 2. The van der Waals surface area contributed by atoms with E-state index in [0.29, 0.717) is 30.9 Å². The van der Waals surface area contributed by atoms with E-state index in [1.54, 1.807) is 23.7 Å². The molecule has 1 radical (unpaired) electrons. The van der Waals surface area contributed by atoms with Crippen molar-refractivity contribution in [2.24, 2.45) is 5.92 Å². The first kappa shape index (κ1) is 27.9. The molecule has 35 heavy (non-hydrogen) atoms. The van der Waals surface area contributed by atoms with E-state index in [4.69, 9.17) is 5.41 Å². The third-order valence-electron chi connectivity index (χ3n) is 4.98. The van der Waals surface area contributed by atoms with Gasteiger partial charge in [-0.25, -0.2) is 10.1 Å². The standard InChI is InChI=1S/C24H33N6O4S/c1-17(2)11-14-26-23(32)21(8-5-13-27-24(25)29-30(33)34)28-22(31)12-15-35-20-10-9-18-6-3-4-7-19(18)16-20/h3-4,6-7,9-10,14,16-17,21H,5,8,11-13,15H2,1-2H3,(H,26,32)(H,28,31)(H3,25,27,29)/t21-/m0/s1. The second-order valence-corrected chi connectivity index (χ2v) is 9.55. The molecule has 0 fully saturated rings. The van der Waals surface area contributed by atoms with Crippen LogP contribution in [-0.4, -0.2) is 41.1 Å². The highest BCUT2D eigenvalue weighted by Crippen LogP contribution is 2.24. The first-order valence-corrected chi connectivity index (χ1v) is 12.5. The molecule has 2 aromatic rings. The Kier molecular flexibility index (Phi) is 11.8. The lowest BCUT2D eigenvalue weighted by molar-refractivity contribution is -0.525. The number of fused-ring (bicyclic) bond motifs is 1. The van der Waals surface area contributed by atoms with Gasteiger partial charge in [-0.3, -0.25) is 15.0 Å². The highest BCUT2D eigenvalue weighted by Gasteiger charge is 2.20. The summed E-state index contributed by atoms with van der Waals surface area (Å²) < 4.78 is 0. The quantitative estimate of drug-likeness (QED) is 0.0666. The van der Waals surface area contributed by atoms with Gasteiger partial charge in [0.2, 0.25) is 11.8 Å². The van der Waals surface area contributed by atoms with Crippen molar-refractivity contribution in [3.63, 3.8) is 0 Å². The number of carbonyl (C=O) groups excluding carboxylic acids is 2. The van der Waals surface area contributed by atoms with Crippen molar-refractivity contribution < 1.29 is 14.6 Å². The Labute approximate surface area is 209 Å². The second-order valence-electron chi connectivity index (χ2n) is 8.38. The molecule has 11 heteroatoms. The van der Waals surface area contributed by atoms with Crippen LogP contribution in [0.2, 0.25) is 0 Å². The number of amides is 2. The zero-order valence-corrected chi connectivity index (χ0v) is 20.8. The van der Waals surface area contributed by atoms with Gasteiger partial charge in [0.15, 0.2) is 5.03 Å². The summed E-state index contributed by atoms with van der Waals surface area (Å²) in [7, 11) is 0. The lowest BCUT2D eigenvalue weighted by Crippen LogP contribution is -2.47. The summed E-state index contributed by atoms with van der Waals surface area (Å²) in [5.74, 6) is -0.00278. The molecule has 10 nitrogen and oxygen atoms in total. The Morgan fingerprint density at radius 1 is 1.17 bits per heavy atom. The lowest BCUT2D eigenvalue weighted by atomic mass is 10.1. The predicted octanol–water partition coefficient (Wildman–Crippen LogP) is 3.22. The van der Waals surface area contributed by atoms with Crippen LogP contribution in [-0.2, 0) is 9.59 Å². The largest absolute Gasteiger partial charge is 0.352 e. The molecular weight excluding hydrogens is 468 g/mol. The molecule has 189 valence electrons. The van der Waals surface area contributed by atoms with Crippen molar-refractivity contribution in [2.75, 3.05) is 12.3 Å². The van der Waals surface area contributed by atoms with Crippen LogP contribution >= 0.6 is 11.8 Å². The van der Waals surface area contributed by atoms with Crippen molar-refractivity contribution in [1.82, 2.24) is 21.4 Å². The van der Waals surface area contributed by atoms with Gasteiger partial charge in [0.1, 0.15) is 6.04 Å². The fraction of sp³-hybridized carbons (Fsp3) is 0.417. The highest BCUT2D eigenvalue weighted by atomic mass is 32.2. The van der Waals surface area contributed by atoms with Gasteiger partial charge in [-0.2, -0.15) is 0 Å². The number of thioether (sulfide) groups is 1. The molecule has 0 saturated heterocycles. The van der Waals surface area contributed by atoms with E-state index >= 15 is 0 Å². The Hall–Kier alpha value is -3.34. The van der Waals surface area contributed by atoms with Crippen molar-refractivity contribution in [2.45, 2.75) is 50.5 Å². The molecular formula is C24H33N6O4S. The predicted molar refractivity (Wildman–Crippen MR) is 138 cm³/mol. The van der Waals surface area contributed by atoms with Crippen LogP contribution in [0.3, 0.4) is 0 Å². The summed E-state index contributed by atoms with van der Waals surface area (Å²) in [5.41, 5.74) is 1.71. The summed E-state index contributed by atoms with van der Waals surface area (Å²) in [5, 5.41) is 27.3. The summed E-state index contributed by atoms with van der Waals surface area (Å²) in [4.78, 5) is 36.6. The normalized spacial score (nSPS) is 11.6. The molecule has 2 amide bonds. The molecule has 0 aliphatic carbocycles. The van der Waals surface area contributed by atoms with Crippen molar-refractivity contribution in [3.8, 4) is 0 Å². The van der Waals surface area contributed by atoms with Crippen molar-refractivity contribution in [1.29, 1.82) is 5.41 Å². The Balaban J connectivity index is 1.83. The highest BCUT2D eigenvalue weighted by molar-refractivity contribution is 7.99. The molecule has 2 rings (SSSR count). The molecule has 2 aromatic carbocycles. The topological polar surface area (TPSA) is 149 Å². The van der Waals surface area contributed by atoms with E-state index in [9.17, 15) is 19.7 Å². The summed E-state index contributed by atoms with van der Waals surface area (Å²) in [6.07, 6.45) is 1.71. The third kappa shape index (κ3) is 11.1. The van der Waals surface area contributed by atoms with Crippen LogP contribution in [0.5, 0.6) is 0 Å². The van der Waals surface area contributed by atoms with Gasteiger partial charge in [-0.1, -0.05) is 49.6 Å². The van der Waals surface area contributed by atoms with Gasteiger partial charge in [0.25, 0.3) is 5.96 Å². The summed E-state index contributed by atoms with van der Waals surface area (Å²) in [6, 6.07) is 13.5. The zero-order valence-electron chi connectivity index (χ0n) is 20.0. The molecule has 0 aromatic heterocycles. The van der Waals surface area contributed by atoms with Crippen LogP contribution < -0.4 is 21.4 Å². The van der Waals surface area contributed by atoms with E-state index in [1.807, 2.05) is 32.0 Å². The van der Waals surface area contributed by atoms with Gasteiger partial charge in [-0.15, -0.1) is 11.8 Å². The average Bonchev–Trinajstić information content (AvgIpc) is 2.80. The number of benzene rings is 2. The number of hydrogen-bond acceptors (Lipinski definition) is 6. The smallest absolute Gasteiger partial charge is 0.251 e. The van der Waals surface area contributed by atoms with E-state index in [0.717, 1.165) is 15.7 Å². The number of nitrogens with zero attached hydrogens (tertiary/aromatic N) is 1. The molecule has 0 unspecified atom stereocenters. The maximum atomic E-state index is 12.6. The second kappa shape index (κ2) is 14.8. The minimum Gasteiger partial charge on any atom is -0.352 e. The zero-order chi connectivity index (χ0) is 25.6. The van der Waals surface area contributed by atoms with E-state index in [2.05, 4.69) is 40.2 Å². The lowest BCUT2D eigenvalue weighted by Gasteiger charge is -2.19. The summed E-state index contributed by atoms with van der Waals surface area (Å²) in [6.45, 7) is 6.01. The van der Waals surface area contributed by atoms with Gasteiger partial charge in [0.05, 0.1) is 0 Å². The first-order valence-electron chi connectivity index (χ1n) is 11.5. The van der Waals surface area contributed by atoms with Crippen molar-refractivity contribution >= 4 is 40.3 Å². The Morgan fingerprint density at radius 3 is 2.63 bits per heavy atom. The molecule has 1 atom stereocenters. The minimum absolute atomic E-state index is 0.224. The van der Waals surface area contributed by atoms with E-state index < -0.39 is 17.0 Å². The fourth-order valence-electron chi connectivity index (χ4n) is 3.20. The minimum atomic E-state index is -0.827. The SMILES string of the molecule is CC(C)C[CH]NC(=O)[C@H](CCCNC(=N)N[N+](=O)[O-])NC(=O)CCSc1ccc2ccccc2c1. The van der Waals surface area contributed by atoms with Crippen LogP contribution in [0.1, 0.15) is 39.5 Å². The maximum Gasteiger partial charge on any atom is 0.251 e. The van der Waals surface area contributed by atoms with Gasteiger partial charge < -0.3 is 16.0 Å². The molecule has 0 aliphatic heterocycles. The first-order chi connectivity index (χ1) is 16.7. The Bertz CT molecular complexity index is 1020. The van der Waals surface area contributed by atoms with Crippen LogP contribution in [0.15, 0.2) is 47.4 Å². The monoisotopic (exact) mass is 501 g/mol. The van der Waals surface area contributed by atoms with Crippen LogP contribution in [0.25, 0.3) is 10.8 Å². The number of nitro groups is 1. The molecule has 0 heterocycles. The van der Waals surface area contributed by atoms with Gasteiger partial charge in [-0.05, 0) is 48.1 Å². The number of hydrogen-bond donors (Lipinski definition) is 5. The molecule has 0 aliphatic rings. The molecule has 5 N–H and O–H groups in total. The summed E-state index contributed by atoms with van der Waals surface area (Å²) >= 11 is 1.58. The van der Waals surface area contributed by atoms with Crippen LogP contribution in [0.4, 0.5) is 0 Å². The van der Waals surface area contributed by atoms with Gasteiger partial charge >= 0.3 is 0 Å². The number of nitrogens with one attached hydrogen (secondary N) is 5. The fourth-order valence-corrected chi connectivity index (χ4v) is 4.10. The number of guanidine groups is 1. The molecule has 0 saturated carbocycles. The average molecular weight is 502 g/mol. The number of rotatable bonds is 14. The molecule has 0 bridgehead atoms. The van der Waals surface area contributed by atoms with Gasteiger partial charge in [0, 0.05) is 30.2 Å². The maximum absolute atomic E-state index is 12.6. The molecule has 0 spiro atoms. The van der Waals surface area contributed by atoms with E-state index in [1.165, 1.54) is 0 Å².